The van der Waals surface area contributed by atoms with E-state index >= 15 is 0 Å². The molecule has 1 saturated carbocycles. The Labute approximate surface area is 119 Å². The third kappa shape index (κ3) is 2.56. The SMILES string of the molecule is CC(C(=O)c1ccc(Cl)cc1)N1CC2CCCC2C1. The molecule has 2 fully saturated rings. The van der Waals surface area contributed by atoms with Crippen LogP contribution in [-0.2, 0) is 0 Å². The molecule has 0 spiro atoms. The highest BCUT2D eigenvalue weighted by molar-refractivity contribution is 6.30. The Balaban J connectivity index is 1.68. The molecule has 1 aliphatic heterocycles. The zero-order chi connectivity index (χ0) is 13.4. The normalized spacial score (nSPS) is 28.3. The predicted octanol–water partition coefficient (Wildman–Crippen LogP) is 3.64. The second-order valence-corrected chi connectivity index (χ2v) is 6.39. The first-order valence-corrected chi connectivity index (χ1v) is 7.57. The van der Waals surface area contributed by atoms with Gasteiger partial charge in [-0.1, -0.05) is 18.0 Å². The molecule has 1 saturated heterocycles. The summed E-state index contributed by atoms with van der Waals surface area (Å²) >= 11 is 5.87. The number of benzene rings is 1. The highest BCUT2D eigenvalue weighted by Crippen LogP contribution is 2.38. The van der Waals surface area contributed by atoms with Crippen molar-refractivity contribution in [3.05, 3.63) is 34.9 Å². The van der Waals surface area contributed by atoms with Crippen molar-refractivity contribution >= 4 is 17.4 Å². The average molecular weight is 278 g/mol. The van der Waals surface area contributed by atoms with Gasteiger partial charge in [0.05, 0.1) is 6.04 Å². The van der Waals surface area contributed by atoms with E-state index in [0.29, 0.717) is 5.02 Å². The minimum atomic E-state index is -0.00762. The zero-order valence-corrected chi connectivity index (χ0v) is 12.1. The summed E-state index contributed by atoms with van der Waals surface area (Å²) < 4.78 is 0. The van der Waals surface area contributed by atoms with Crippen molar-refractivity contribution in [1.82, 2.24) is 4.90 Å². The van der Waals surface area contributed by atoms with Crippen LogP contribution in [-0.4, -0.2) is 29.8 Å². The van der Waals surface area contributed by atoms with Gasteiger partial charge >= 0.3 is 0 Å². The van der Waals surface area contributed by atoms with Crippen LogP contribution in [0, 0.1) is 11.8 Å². The van der Waals surface area contributed by atoms with E-state index in [1.807, 2.05) is 19.1 Å². The lowest BCUT2D eigenvalue weighted by Gasteiger charge is -2.24. The topological polar surface area (TPSA) is 20.3 Å². The monoisotopic (exact) mass is 277 g/mol. The Hall–Kier alpha value is -0.860. The fourth-order valence-corrected chi connectivity index (χ4v) is 3.73. The van der Waals surface area contributed by atoms with E-state index in [0.717, 1.165) is 30.5 Å². The lowest BCUT2D eigenvalue weighted by Crippen LogP contribution is -2.38. The smallest absolute Gasteiger partial charge is 0.179 e. The number of hydrogen-bond donors (Lipinski definition) is 0. The van der Waals surface area contributed by atoms with Crippen LogP contribution in [0.2, 0.25) is 5.02 Å². The molecular formula is C16H20ClNO. The predicted molar refractivity (Wildman–Crippen MR) is 77.6 cm³/mol. The van der Waals surface area contributed by atoms with Crippen LogP contribution in [0.15, 0.2) is 24.3 Å². The number of carbonyl (C=O) groups excluding carboxylic acids is 1. The Morgan fingerprint density at radius 2 is 1.79 bits per heavy atom. The fraction of sp³-hybridized carbons (Fsp3) is 0.562. The molecule has 0 bridgehead atoms. The summed E-state index contributed by atoms with van der Waals surface area (Å²) in [6, 6.07) is 7.24. The first kappa shape index (κ1) is 13.1. The summed E-state index contributed by atoms with van der Waals surface area (Å²) in [7, 11) is 0. The Morgan fingerprint density at radius 3 is 2.37 bits per heavy atom. The van der Waals surface area contributed by atoms with Crippen molar-refractivity contribution in [1.29, 1.82) is 0 Å². The van der Waals surface area contributed by atoms with Gasteiger partial charge in [-0.15, -0.1) is 0 Å². The summed E-state index contributed by atoms with van der Waals surface area (Å²) in [5, 5.41) is 0.680. The van der Waals surface area contributed by atoms with E-state index in [2.05, 4.69) is 4.90 Å². The number of ketones is 1. The number of nitrogens with zero attached hydrogens (tertiary/aromatic N) is 1. The maximum Gasteiger partial charge on any atom is 0.179 e. The molecule has 3 rings (SSSR count). The maximum atomic E-state index is 12.5. The van der Waals surface area contributed by atoms with Gasteiger partial charge in [0.25, 0.3) is 0 Å². The minimum absolute atomic E-state index is 0.00762. The van der Waals surface area contributed by atoms with Gasteiger partial charge in [0.1, 0.15) is 0 Å². The molecule has 2 nitrogen and oxygen atoms in total. The number of hydrogen-bond acceptors (Lipinski definition) is 2. The Bertz CT molecular complexity index is 458. The van der Waals surface area contributed by atoms with E-state index in [4.69, 9.17) is 11.6 Å². The maximum absolute atomic E-state index is 12.5. The first-order chi connectivity index (χ1) is 9.15. The molecule has 2 aliphatic rings. The van der Waals surface area contributed by atoms with E-state index in [9.17, 15) is 4.79 Å². The molecule has 1 aromatic rings. The van der Waals surface area contributed by atoms with Crippen molar-refractivity contribution in [3.63, 3.8) is 0 Å². The van der Waals surface area contributed by atoms with E-state index in [1.54, 1.807) is 12.1 Å². The van der Waals surface area contributed by atoms with Gasteiger partial charge in [0.15, 0.2) is 5.78 Å². The van der Waals surface area contributed by atoms with Crippen molar-refractivity contribution in [3.8, 4) is 0 Å². The number of fused-ring (bicyclic) bond motifs is 1. The van der Waals surface area contributed by atoms with E-state index < -0.39 is 0 Å². The largest absolute Gasteiger partial charge is 0.293 e. The number of halogens is 1. The van der Waals surface area contributed by atoms with Crippen LogP contribution >= 0.6 is 11.6 Å². The summed E-state index contributed by atoms with van der Waals surface area (Å²) in [5.41, 5.74) is 0.772. The molecule has 3 unspecified atom stereocenters. The number of Topliss-reactive ketones (excluding diaryl/α,β-unsaturated/α-hetero) is 1. The second kappa shape index (κ2) is 5.26. The van der Waals surface area contributed by atoms with E-state index in [1.165, 1.54) is 19.3 Å². The Kier molecular flexibility index (Phi) is 3.64. The van der Waals surface area contributed by atoms with Crippen molar-refractivity contribution in [2.45, 2.75) is 32.2 Å². The van der Waals surface area contributed by atoms with Gasteiger partial charge in [-0.25, -0.2) is 0 Å². The van der Waals surface area contributed by atoms with Crippen LogP contribution < -0.4 is 0 Å². The zero-order valence-electron chi connectivity index (χ0n) is 11.3. The van der Waals surface area contributed by atoms with Crippen LogP contribution in [0.25, 0.3) is 0 Å². The van der Waals surface area contributed by atoms with Gasteiger partial charge in [-0.2, -0.15) is 0 Å². The molecular weight excluding hydrogens is 258 g/mol. The first-order valence-electron chi connectivity index (χ1n) is 7.19. The fourth-order valence-electron chi connectivity index (χ4n) is 3.61. The number of rotatable bonds is 3. The molecule has 0 amide bonds. The van der Waals surface area contributed by atoms with Gasteiger partial charge in [-0.05, 0) is 55.9 Å². The van der Waals surface area contributed by atoms with E-state index in [-0.39, 0.29) is 11.8 Å². The van der Waals surface area contributed by atoms with Crippen LogP contribution in [0.4, 0.5) is 0 Å². The van der Waals surface area contributed by atoms with Crippen LogP contribution in [0.3, 0.4) is 0 Å². The highest BCUT2D eigenvalue weighted by atomic mass is 35.5. The second-order valence-electron chi connectivity index (χ2n) is 5.95. The summed E-state index contributed by atoms with van der Waals surface area (Å²) in [4.78, 5) is 14.8. The molecule has 19 heavy (non-hydrogen) atoms. The molecule has 0 radical (unpaired) electrons. The van der Waals surface area contributed by atoms with Crippen molar-refractivity contribution in [2.75, 3.05) is 13.1 Å². The van der Waals surface area contributed by atoms with Crippen molar-refractivity contribution in [2.24, 2.45) is 11.8 Å². The summed E-state index contributed by atoms with van der Waals surface area (Å²) in [6.45, 7) is 4.24. The van der Waals surface area contributed by atoms with Gasteiger partial charge < -0.3 is 0 Å². The minimum Gasteiger partial charge on any atom is -0.293 e. The van der Waals surface area contributed by atoms with Crippen LogP contribution in [0.5, 0.6) is 0 Å². The third-order valence-electron chi connectivity index (χ3n) is 4.81. The number of carbonyl (C=O) groups is 1. The molecule has 1 heterocycles. The molecule has 102 valence electrons. The molecule has 0 N–H and O–H groups in total. The quantitative estimate of drug-likeness (QED) is 0.786. The molecule has 0 aromatic heterocycles. The molecule has 3 heteroatoms. The molecule has 1 aliphatic carbocycles. The van der Waals surface area contributed by atoms with Crippen molar-refractivity contribution < 1.29 is 4.79 Å². The summed E-state index contributed by atoms with van der Waals surface area (Å²) in [6.07, 6.45) is 4.08. The van der Waals surface area contributed by atoms with Gasteiger partial charge in [0.2, 0.25) is 0 Å². The van der Waals surface area contributed by atoms with Gasteiger partial charge in [0, 0.05) is 23.7 Å². The standard InChI is InChI=1S/C16H20ClNO/c1-11(16(19)12-5-7-15(17)8-6-12)18-9-13-3-2-4-14(13)10-18/h5-8,11,13-14H,2-4,9-10H2,1H3. The molecule has 3 atom stereocenters. The average Bonchev–Trinajstić information content (AvgIpc) is 2.98. The number of likely N-dealkylation sites (tertiary alicyclic amines) is 1. The third-order valence-corrected chi connectivity index (χ3v) is 5.06. The Morgan fingerprint density at radius 1 is 1.21 bits per heavy atom. The van der Waals surface area contributed by atoms with Crippen LogP contribution in [0.1, 0.15) is 36.5 Å². The lowest BCUT2D eigenvalue weighted by molar-refractivity contribution is 0.0858. The highest BCUT2D eigenvalue weighted by Gasteiger charge is 2.39. The molecule has 1 aromatic carbocycles. The van der Waals surface area contributed by atoms with Gasteiger partial charge in [-0.3, -0.25) is 9.69 Å². The lowest BCUT2D eigenvalue weighted by atomic mass is 10.0. The summed E-state index contributed by atoms with van der Waals surface area (Å²) in [5.74, 6) is 1.89.